The van der Waals surface area contributed by atoms with Gasteiger partial charge in [0.1, 0.15) is 11.5 Å². The first kappa shape index (κ1) is 13.5. The van der Waals surface area contributed by atoms with Crippen LogP contribution in [0.3, 0.4) is 0 Å². The average molecular weight is 283 g/mol. The molecule has 4 heteroatoms. The van der Waals surface area contributed by atoms with E-state index in [0.29, 0.717) is 13.0 Å². The molecular weight excluding hydrogens is 266 g/mol. The molecule has 1 aliphatic heterocycles. The zero-order valence-electron chi connectivity index (χ0n) is 11.8. The number of nitrogens with one attached hydrogen (secondary N) is 1. The minimum Gasteiger partial charge on any atom is -0.497 e. The van der Waals surface area contributed by atoms with E-state index in [1.54, 1.807) is 7.11 Å². The fourth-order valence-corrected chi connectivity index (χ4v) is 2.39. The molecule has 0 saturated heterocycles. The Balaban J connectivity index is 1.69. The number of hydrogen-bond donors (Lipinski definition) is 1. The number of benzene rings is 2. The van der Waals surface area contributed by atoms with Crippen LogP contribution in [0.1, 0.15) is 5.56 Å². The van der Waals surface area contributed by atoms with E-state index in [0.717, 1.165) is 22.7 Å². The van der Waals surface area contributed by atoms with Gasteiger partial charge >= 0.3 is 0 Å². The lowest BCUT2D eigenvalue weighted by molar-refractivity contribution is -0.124. The normalized spacial score (nSPS) is 16.3. The molecule has 1 unspecified atom stereocenters. The summed E-state index contributed by atoms with van der Waals surface area (Å²) in [5, 5.41) is 3.23. The number of methoxy groups -OCH3 is 1. The second-order valence-corrected chi connectivity index (χ2v) is 4.98. The molecular formula is C17H17NO3. The largest absolute Gasteiger partial charge is 0.497 e. The van der Waals surface area contributed by atoms with E-state index in [9.17, 15) is 4.79 Å². The first-order chi connectivity index (χ1) is 10.3. The van der Waals surface area contributed by atoms with Crippen LogP contribution in [-0.2, 0) is 11.2 Å². The van der Waals surface area contributed by atoms with Gasteiger partial charge in [-0.1, -0.05) is 24.3 Å². The third kappa shape index (κ3) is 2.99. The summed E-state index contributed by atoms with van der Waals surface area (Å²) >= 11 is 0. The van der Waals surface area contributed by atoms with Crippen LogP contribution in [0.15, 0.2) is 48.5 Å². The Morgan fingerprint density at radius 2 is 2.14 bits per heavy atom. The summed E-state index contributed by atoms with van der Waals surface area (Å²) in [5.41, 5.74) is 1.87. The zero-order valence-corrected chi connectivity index (χ0v) is 11.8. The number of anilines is 1. The lowest BCUT2D eigenvalue weighted by Crippen LogP contribution is -2.38. The number of para-hydroxylation sites is 2. The van der Waals surface area contributed by atoms with Crippen molar-refractivity contribution in [2.24, 2.45) is 0 Å². The van der Waals surface area contributed by atoms with Crippen molar-refractivity contribution in [1.82, 2.24) is 0 Å². The molecule has 0 aliphatic carbocycles. The van der Waals surface area contributed by atoms with Gasteiger partial charge in [-0.15, -0.1) is 0 Å². The number of Topliss-reactive ketones (excluding diaryl/α,β-unsaturated/α-hetero) is 1. The lowest BCUT2D eigenvalue weighted by Gasteiger charge is -2.26. The topological polar surface area (TPSA) is 47.6 Å². The molecule has 3 rings (SSSR count). The van der Waals surface area contributed by atoms with Crippen molar-refractivity contribution in [3.63, 3.8) is 0 Å². The first-order valence-corrected chi connectivity index (χ1v) is 6.91. The SMILES string of the molecule is COc1cccc(CC(=O)C2CNc3ccccc3O2)c1. The molecule has 0 radical (unpaired) electrons. The number of carbonyl (C=O) groups is 1. The van der Waals surface area contributed by atoms with Gasteiger partial charge in [-0.2, -0.15) is 0 Å². The number of hydrogen-bond acceptors (Lipinski definition) is 4. The van der Waals surface area contributed by atoms with Gasteiger partial charge in [-0.05, 0) is 29.8 Å². The molecule has 0 saturated carbocycles. The Labute approximate surface area is 123 Å². The molecule has 2 aromatic carbocycles. The summed E-state index contributed by atoms with van der Waals surface area (Å²) < 4.78 is 11.0. The molecule has 0 aromatic heterocycles. The van der Waals surface area contributed by atoms with Gasteiger partial charge in [-0.25, -0.2) is 0 Å². The van der Waals surface area contributed by atoms with Crippen LogP contribution < -0.4 is 14.8 Å². The van der Waals surface area contributed by atoms with Gasteiger partial charge in [0.25, 0.3) is 0 Å². The van der Waals surface area contributed by atoms with Gasteiger partial charge in [0.15, 0.2) is 11.9 Å². The maximum atomic E-state index is 12.4. The number of ether oxygens (including phenoxy) is 2. The molecule has 0 bridgehead atoms. The van der Waals surface area contributed by atoms with Gasteiger partial charge in [0.05, 0.1) is 19.3 Å². The monoisotopic (exact) mass is 283 g/mol. The summed E-state index contributed by atoms with van der Waals surface area (Å²) in [6, 6.07) is 15.2. The van der Waals surface area contributed by atoms with E-state index in [2.05, 4.69) is 5.32 Å². The molecule has 4 nitrogen and oxygen atoms in total. The van der Waals surface area contributed by atoms with Crippen molar-refractivity contribution >= 4 is 11.5 Å². The molecule has 2 aromatic rings. The van der Waals surface area contributed by atoms with Crippen LogP contribution in [0, 0.1) is 0 Å². The predicted octanol–water partition coefficient (Wildman–Crippen LogP) is 2.68. The Morgan fingerprint density at radius 3 is 3.00 bits per heavy atom. The number of ketones is 1. The van der Waals surface area contributed by atoms with Crippen molar-refractivity contribution < 1.29 is 14.3 Å². The molecule has 0 spiro atoms. The average Bonchev–Trinajstić information content (AvgIpc) is 2.54. The van der Waals surface area contributed by atoms with E-state index in [-0.39, 0.29) is 5.78 Å². The third-order valence-electron chi connectivity index (χ3n) is 3.51. The van der Waals surface area contributed by atoms with Crippen LogP contribution >= 0.6 is 0 Å². The van der Waals surface area contributed by atoms with Crippen molar-refractivity contribution in [3.05, 3.63) is 54.1 Å². The highest BCUT2D eigenvalue weighted by molar-refractivity contribution is 5.87. The Hall–Kier alpha value is -2.49. The lowest BCUT2D eigenvalue weighted by atomic mass is 10.0. The van der Waals surface area contributed by atoms with Gasteiger partial charge in [0.2, 0.25) is 0 Å². The number of fused-ring (bicyclic) bond motifs is 1. The maximum Gasteiger partial charge on any atom is 0.179 e. The van der Waals surface area contributed by atoms with Gasteiger partial charge < -0.3 is 14.8 Å². The van der Waals surface area contributed by atoms with Gasteiger partial charge in [-0.3, -0.25) is 4.79 Å². The second kappa shape index (κ2) is 5.87. The Morgan fingerprint density at radius 1 is 1.29 bits per heavy atom. The summed E-state index contributed by atoms with van der Waals surface area (Å²) in [6.45, 7) is 0.500. The van der Waals surface area contributed by atoms with E-state index < -0.39 is 6.10 Å². The Bertz CT molecular complexity index is 654. The fourth-order valence-electron chi connectivity index (χ4n) is 2.39. The summed E-state index contributed by atoms with van der Waals surface area (Å²) in [4.78, 5) is 12.4. The van der Waals surface area contributed by atoms with E-state index in [1.807, 2.05) is 48.5 Å². The van der Waals surface area contributed by atoms with Crippen molar-refractivity contribution in [2.75, 3.05) is 19.0 Å². The maximum absolute atomic E-state index is 12.4. The number of rotatable bonds is 4. The summed E-state index contributed by atoms with van der Waals surface area (Å²) in [7, 11) is 1.62. The van der Waals surface area contributed by atoms with Crippen molar-refractivity contribution in [1.29, 1.82) is 0 Å². The van der Waals surface area contributed by atoms with Crippen LogP contribution in [0.2, 0.25) is 0 Å². The van der Waals surface area contributed by atoms with Crippen LogP contribution in [0.4, 0.5) is 5.69 Å². The highest BCUT2D eigenvalue weighted by atomic mass is 16.5. The molecule has 108 valence electrons. The van der Waals surface area contributed by atoms with Gasteiger partial charge in [0, 0.05) is 6.42 Å². The summed E-state index contributed by atoms with van der Waals surface area (Å²) in [5.74, 6) is 1.55. The highest BCUT2D eigenvalue weighted by Crippen LogP contribution is 2.28. The first-order valence-electron chi connectivity index (χ1n) is 6.91. The molecule has 0 amide bonds. The smallest absolute Gasteiger partial charge is 0.179 e. The van der Waals surface area contributed by atoms with Crippen LogP contribution in [0.5, 0.6) is 11.5 Å². The minimum absolute atomic E-state index is 0.0604. The molecule has 1 heterocycles. The quantitative estimate of drug-likeness (QED) is 0.937. The van der Waals surface area contributed by atoms with E-state index >= 15 is 0 Å². The van der Waals surface area contributed by atoms with E-state index in [4.69, 9.17) is 9.47 Å². The minimum atomic E-state index is -0.453. The third-order valence-corrected chi connectivity index (χ3v) is 3.51. The highest BCUT2D eigenvalue weighted by Gasteiger charge is 2.25. The van der Waals surface area contributed by atoms with Crippen LogP contribution in [-0.4, -0.2) is 25.5 Å². The van der Waals surface area contributed by atoms with Crippen molar-refractivity contribution in [2.45, 2.75) is 12.5 Å². The standard InChI is InChI=1S/C17H17NO3/c1-20-13-6-4-5-12(9-13)10-15(19)17-11-18-14-7-2-3-8-16(14)21-17/h2-9,17-18H,10-11H2,1H3. The molecule has 1 N–H and O–H groups in total. The van der Waals surface area contributed by atoms with Crippen molar-refractivity contribution in [3.8, 4) is 11.5 Å². The zero-order chi connectivity index (χ0) is 14.7. The molecule has 1 aliphatic rings. The summed E-state index contributed by atoms with van der Waals surface area (Å²) in [6.07, 6.45) is -0.114. The second-order valence-electron chi connectivity index (χ2n) is 4.98. The van der Waals surface area contributed by atoms with Crippen LogP contribution in [0.25, 0.3) is 0 Å². The molecule has 21 heavy (non-hydrogen) atoms. The fraction of sp³-hybridized carbons (Fsp3) is 0.235. The number of carbonyl (C=O) groups excluding carboxylic acids is 1. The molecule has 1 atom stereocenters. The van der Waals surface area contributed by atoms with E-state index in [1.165, 1.54) is 0 Å². The predicted molar refractivity (Wildman–Crippen MR) is 81.1 cm³/mol. The Kier molecular flexibility index (Phi) is 3.77. The molecule has 0 fully saturated rings.